The fourth-order valence-electron chi connectivity index (χ4n) is 0. The molecule has 0 aliphatic carbocycles. The van der Waals surface area contributed by atoms with Gasteiger partial charge in [0.05, 0.1) is 0 Å². The Kier molecular flexibility index (Phi) is 20.2. The summed E-state index contributed by atoms with van der Waals surface area (Å²) in [6.45, 7) is 1.44. The monoisotopic (exact) mass is 183 g/mol. The summed E-state index contributed by atoms with van der Waals surface area (Å²) in [5, 5.41) is 0. The van der Waals surface area contributed by atoms with Gasteiger partial charge in [-0.25, -0.2) is 0 Å². The quantitative estimate of drug-likeness (QED) is 0.490. The van der Waals surface area contributed by atoms with Crippen LogP contribution in [0.1, 0.15) is 6.92 Å². The van der Waals surface area contributed by atoms with Gasteiger partial charge in [0, 0.05) is 35.6 Å². The molecular formula is C2H4LaO. The van der Waals surface area contributed by atoms with Gasteiger partial charge in [-0.15, -0.1) is 0 Å². The Labute approximate surface area is 53.4 Å². The molecule has 4 heavy (non-hydrogen) atoms. The molecule has 2 heteroatoms. The van der Waals surface area contributed by atoms with Crippen molar-refractivity contribution in [2.75, 3.05) is 0 Å². The minimum Gasteiger partial charge on any atom is -0.304 e. The van der Waals surface area contributed by atoms with Crippen LogP contribution in [0.3, 0.4) is 0 Å². The van der Waals surface area contributed by atoms with Crippen LogP contribution in [0.2, 0.25) is 0 Å². The molecule has 0 aliphatic heterocycles. The largest absolute Gasteiger partial charge is 0.304 e. The normalized spacial score (nSPS) is 3.25. The van der Waals surface area contributed by atoms with Crippen molar-refractivity contribution in [3.63, 3.8) is 0 Å². The first-order chi connectivity index (χ1) is 1.41. The van der Waals surface area contributed by atoms with Gasteiger partial charge in [-0.05, 0) is 6.92 Å². The molecule has 0 heterocycles. The van der Waals surface area contributed by atoms with E-state index in [0.29, 0.717) is 0 Å². The number of aldehydes is 1. The van der Waals surface area contributed by atoms with Gasteiger partial charge in [0.15, 0.2) is 0 Å². The topological polar surface area (TPSA) is 17.1 Å². The Morgan fingerprint density at radius 2 is 1.75 bits per heavy atom. The SMILES string of the molecule is CC=O.[La]. The number of hydrogen-bond donors (Lipinski definition) is 0. The zero-order valence-electron chi connectivity index (χ0n) is 2.56. The molecule has 1 nitrogen and oxygen atoms in total. The maximum atomic E-state index is 8.81. The molecule has 0 aromatic carbocycles. The van der Waals surface area contributed by atoms with Gasteiger partial charge in [-0.1, -0.05) is 0 Å². The molecule has 0 saturated heterocycles. The average Bonchev–Trinajstić information content (AvgIpc) is 0.918. The average molecular weight is 183 g/mol. The fourth-order valence-corrected chi connectivity index (χ4v) is 0. The molecule has 0 aromatic rings. The first-order valence-corrected chi connectivity index (χ1v) is 0.813. The molecular weight excluding hydrogens is 179 g/mol. The van der Waals surface area contributed by atoms with E-state index < -0.39 is 0 Å². The fraction of sp³-hybridized carbons (Fsp3) is 0.500. The second-order valence-electron chi connectivity index (χ2n) is 0.236. The van der Waals surface area contributed by atoms with E-state index in [-0.39, 0.29) is 35.6 Å². The number of hydrogen-bond acceptors (Lipinski definition) is 1. The molecule has 0 aromatic heterocycles. The summed E-state index contributed by atoms with van der Waals surface area (Å²) in [6, 6.07) is 0. The van der Waals surface area contributed by atoms with Gasteiger partial charge in [-0.2, -0.15) is 0 Å². The smallest absolute Gasteiger partial charge is 0.116 e. The van der Waals surface area contributed by atoms with Crippen LogP contribution in [-0.2, 0) is 4.79 Å². The Balaban J connectivity index is 0. The Morgan fingerprint density at radius 3 is 1.75 bits per heavy atom. The zero-order valence-corrected chi connectivity index (χ0v) is 6.19. The molecule has 0 rings (SSSR count). The minimum atomic E-state index is 0. The van der Waals surface area contributed by atoms with E-state index >= 15 is 0 Å². The van der Waals surface area contributed by atoms with Crippen LogP contribution < -0.4 is 0 Å². The van der Waals surface area contributed by atoms with Crippen molar-refractivity contribution in [3.05, 3.63) is 0 Å². The molecule has 1 radical (unpaired) electrons. The van der Waals surface area contributed by atoms with Gasteiger partial charge in [0.25, 0.3) is 0 Å². The van der Waals surface area contributed by atoms with Crippen LogP contribution in [0.5, 0.6) is 0 Å². The first-order valence-electron chi connectivity index (χ1n) is 0.813. The third-order valence-corrected chi connectivity index (χ3v) is 0. The van der Waals surface area contributed by atoms with Crippen molar-refractivity contribution < 1.29 is 40.4 Å². The molecule has 0 atom stereocenters. The van der Waals surface area contributed by atoms with Crippen LogP contribution in [0.4, 0.5) is 0 Å². The second-order valence-corrected chi connectivity index (χ2v) is 0.236. The summed E-state index contributed by atoms with van der Waals surface area (Å²) < 4.78 is 0. The van der Waals surface area contributed by atoms with Gasteiger partial charge in [0.1, 0.15) is 6.29 Å². The predicted molar refractivity (Wildman–Crippen MR) is 11.7 cm³/mol. The number of carbonyl (C=O) groups excluding carboxylic acids is 1. The van der Waals surface area contributed by atoms with E-state index in [1.54, 1.807) is 0 Å². The van der Waals surface area contributed by atoms with Crippen LogP contribution in [-0.4, -0.2) is 6.29 Å². The van der Waals surface area contributed by atoms with E-state index in [4.69, 9.17) is 4.79 Å². The third kappa shape index (κ3) is 13.3. The molecule has 0 aliphatic rings. The van der Waals surface area contributed by atoms with E-state index in [0.717, 1.165) is 6.29 Å². The molecule has 0 fully saturated rings. The molecule has 0 N–H and O–H groups in total. The van der Waals surface area contributed by atoms with Crippen molar-refractivity contribution in [2.45, 2.75) is 6.92 Å². The molecule has 0 unspecified atom stereocenters. The number of carbonyl (C=O) groups is 1. The maximum absolute atomic E-state index is 8.81. The van der Waals surface area contributed by atoms with Crippen molar-refractivity contribution in [3.8, 4) is 0 Å². The minimum absolute atomic E-state index is 0. The Hall–Kier alpha value is 0.865. The molecule has 0 bridgehead atoms. The summed E-state index contributed by atoms with van der Waals surface area (Å²) in [4.78, 5) is 8.81. The van der Waals surface area contributed by atoms with Gasteiger partial charge in [-0.3, -0.25) is 0 Å². The van der Waals surface area contributed by atoms with Gasteiger partial charge < -0.3 is 4.79 Å². The maximum Gasteiger partial charge on any atom is 0.116 e. The summed E-state index contributed by atoms with van der Waals surface area (Å²) in [5.41, 5.74) is 0. The van der Waals surface area contributed by atoms with Gasteiger partial charge in [0.2, 0.25) is 0 Å². The Morgan fingerprint density at radius 1 is 1.75 bits per heavy atom. The zero-order chi connectivity index (χ0) is 2.71. The van der Waals surface area contributed by atoms with E-state index in [1.807, 2.05) is 0 Å². The second kappa shape index (κ2) is 9.12. The Bertz CT molecular complexity index is 13.5. The standard InChI is InChI=1S/C2H4O.La/c1-2-3;/h2H,1H3;. The van der Waals surface area contributed by atoms with Crippen LogP contribution in [0.25, 0.3) is 0 Å². The summed E-state index contributed by atoms with van der Waals surface area (Å²) in [5.74, 6) is 0. The third-order valence-electron chi connectivity index (χ3n) is 0. The van der Waals surface area contributed by atoms with E-state index in [9.17, 15) is 0 Å². The summed E-state index contributed by atoms with van der Waals surface area (Å²) in [6.07, 6.45) is 0.750. The molecule has 21 valence electrons. The van der Waals surface area contributed by atoms with Crippen LogP contribution in [0, 0.1) is 35.6 Å². The van der Waals surface area contributed by atoms with Crippen LogP contribution >= 0.6 is 0 Å². The van der Waals surface area contributed by atoms with Crippen molar-refractivity contribution in [2.24, 2.45) is 0 Å². The summed E-state index contributed by atoms with van der Waals surface area (Å²) in [7, 11) is 0. The van der Waals surface area contributed by atoms with Crippen molar-refractivity contribution in [1.82, 2.24) is 0 Å². The van der Waals surface area contributed by atoms with Crippen molar-refractivity contribution in [1.29, 1.82) is 0 Å². The van der Waals surface area contributed by atoms with E-state index in [1.165, 1.54) is 6.92 Å². The van der Waals surface area contributed by atoms with E-state index in [2.05, 4.69) is 0 Å². The van der Waals surface area contributed by atoms with Crippen molar-refractivity contribution >= 4 is 6.29 Å². The predicted octanol–water partition coefficient (Wildman–Crippen LogP) is 0.205. The molecule has 0 spiro atoms. The number of rotatable bonds is 0. The first kappa shape index (κ1) is 8.85. The van der Waals surface area contributed by atoms with Crippen LogP contribution in [0.15, 0.2) is 0 Å². The molecule has 0 amide bonds. The summed E-state index contributed by atoms with van der Waals surface area (Å²) >= 11 is 0. The van der Waals surface area contributed by atoms with Gasteiger partial charge >= 0.3 is 0 Å². The molecule has 0 saturated carbocycles.